The van der Waals surface area contributed by atoms with Crippen molar-refractivity contribution in [2.75, 3.05) is 25.2 Å². The van der Waals surface area contributed by atoms with Crippen molar-refractivity contribution in [1.29, 1.82) is 0 Å². The normalized spacial score (nSPS) is 15.0. The molecule has 0 heterocycles. The third-order valence-corrected chi connectivity index (χ3v) is 7.05. The van der Waals surface area contributed by atoms with E-state index in [1.54, 1.807) is 60.2 Å². The predicted octanol–water partition coefficient (Wildman–Crippen LogP) is 3.96. The lowest BCUT2D eigenvalue weighted by atomic mass is 9.98. The fourth-order valence-electron chi connectivity index (χ4n) is 2.58. The third kappa shape index (κ3) is 11.9. The summed E-state index contributed by atoms with van der Waals surface area (Å²) < 4.78 is 28.5. The highest BCUT2D eigenvalue weighted by Crippen LogP contribution is 2.51. The number of alkyl carbamates (subject to hydrolysis) is 1. The summed E-state index contributed by atoms with van der Waals surface area (Å²) in [5, 5.41) is 5.24. The second kappa shape index (κ2) is 14.1. The fraction of sp³-hybridized carbons (Fsp3) is 0.850. The van der Waals surface area contributed by atoms with Gasteiger partial charge in [-0.1, -0.05) is 6.92 Å². The predicted molar refractivity (Wildman–Crippen MR) is 123 cm³/mol. The highest BCUT2D eigenvalue weighted by atomic mass is 32.2. The number of hydrogen-bond acceptors (Lipinski definition) is 8. The van der Waals surface area contributed by atoms with Gasteiger partial charge >= 0.3 is 13.7 Å². The summed E-state index contributed by atoms with van der Waals surface area (Å²) in [5.74, 6) is -1.60. The van der Waals surface area contributed by atoms with E-state index in [1.807, 2.05) is 6.26 Å². The molecule has 2 amide bonds. The maximum atomic E-state index is 12.8. The van der Waals surface area contributed by atoms with Crippen molar-refractivity contribution in [2.24, 2.45) is 5.92 Å². The lowest BCUT2D eigenvalue weighted by Crippen LogP contribution is -2.45. The summed E-state index contributed by atoms with van der Waals surface area (Å²) in [4.78, 5) is 37.5. The smallest absolute Gasteiger partial charge is 0.408 e. The Bertz CT molecular complexity index is 630. The second-order valence-electron chi connectivity index (χ2n) is 8.11. The van der Waals surface area contributed by atoms with Crippen LogP contribution < -0.4 is 10.6 Å². The molecular weight excluding hydrogens is 443 g/mol. The lowest BCUT2D eigenvalue weighted by molar-refractivity contribution is -0.129. The molecule has 0 aliphatic rings. The molecule has 0 aromatic rings. The van der Waals surface area contributed by atoms with Crippen molar-refractivity contribution in [2.45, 2.75) is 78.7 Å². The molecule has 1 unspecified atom stereocenters. The maximum Gasteiger partial charge on any atom is 0.408 e. The monoisotopic (exact) mass is 482 g/mol. The van der Waals surface area contributed by atoms with E-state index in [9.17, 15) is 18.9 Å². The average Bonchev–Trinajstić information content (AvgIpc) is 2.63. The van der Waals surface area contributed by atoms with Crippen molar-refractivity contribution in [3.8, 4) is 0 Å². The first-order chi connectivity index (χ1) is 14.3. The van der Waals surface area contributed by atoms with Gasteiger partial charge in [-0.05, 0) is 60.0 Å². The fourth-order valence-corrected chi connectivity index (χ4v) is 4.58. The van der Waals surface area contributed by atoms with Crippen molar-refractivity contribution in [3.05, 3.63) is 0 Å². The molecule has 2 N–H and O–H groups in total. The number of carbonyl (C=O) groups is 3. The van der Waals surface area contributed by atoms with Crippen LogP contribution in [0.4, 0.5) is 4.79 Å². The van der Waals surface area contributed by atoms with Crippen LogP contribution in [-0.4, -0.2) is 60.4 Å². The molecule has 0 fully saturated rings. The zero-order chi connectivity index (χ0) is 24.2. The van der Waals surface area contributed by atoms with E-state index in [1.165, 1.54) is 0 Å². The molecule has 0 radical (unpaired) electrons. The summed E-state index contributed by atoms with van der Waals surface area (Å²) >= 11 is 1.55. The van der Waals surface area contributed by atoms with E-state index < -0.39 is 42.9 Å². The summed E-state index contributed by atoms with van der Waals surface area (Å²) in [6.07, 6.45) is 1.57. The Morgan fingerprint density at radius 2 is 1.58 bits per heavy atom. The molecule has 31 heavy (non-hydrogen) atoms. The van der Waals surface area contributed by atoms with Crippen molar-refractivity contribution in [1.82, 2.24) is 10.6 Å². The van der Waals surface area contributed by atoms with Gasteiger partial charge in [0.25, 0.3) is 0 Å². The molecule has 182 valence electrons. The Kier molecular flexibility index (Phi) is 13.6. The molecule has 0 saturated heterocycles. The SMILES string of the molecule is CCOP(=O)(OCC)C(C)NC(=O)[C@H](C)CC(=O)[C@H](CCSC)NC(=O)OC(C)(C)C. The van der Waals surface area contributed by atoms with Gasteiger partial charge in [-0.15, -0.1) is 0 Å². The Morgan fingerprint density at radius 1 is 1.03 bits per heavy atom. The molecular formula is C20H39N2O7PS. The van der Waals surface area contributed by atoms with E-state index in [-0.39, 0.29) is 25.4 Å². The average molecular weight is 483 g/mol. The minimum Gasteiger partial charge on any atom is -0.444 e. The van der Waals surface area contributed by atoms with Crippen LogP contribution in [0.3, 0.4) is 0 Å². The summed E-state index contributed by atoms with van der Waals surface area (Å²) in [6, 6.07) is -0.757. The molecule has 0 aliphatic carbocycles. The van der Waals surface area contributed by atoms with Crippen LogP contribution in [0.1, 0.15) is 61.3 Å². The van der Waals surface area contributed by atoms with Crippen molar-refractivity contribution >= 4 is 37.1 Å². The number of thioether (sulfide) groups is 1. The minimum absolute atomic E-state index is 0.0824. The molecule has 0 aromatic carbocycles. The van der Waals surface area contributed by atoms with Crippen LogP contribution in [0.2, 0.25) is 0 Å². The summed E-state index contributed by atoms with van der Waals surface area (Å²) in [6.45, 7) is 12.1. The topological polar surface area (TPSA) is 120 Å². The number of Topliss-reactive ketones (excluding diaryl/α,β-unsaturated/α-hetero) is 1. The molecule has 3 atom stereocenters. The molecule has 11 heteroatoms. The van der Waals surface area contributed by atoms with E-state index in [0.717, 1.165) is 0 Å². The van der Waals surface area contributed by atoms with Gasteiger partial charge in [0.1, 0.15) is 11.4 Å². The van der Waals surface area contributed by atoms with Crippen LogP contribution in [0.15, 0.2) is 0 Å². The Hall–Kier alpha value is -1.09. The number of ketones is 1. The third-order valence-electron chi connectivity index (χ3n) is 4.09. The minimum atomic E-state index is -3.50. The number of nitrogens with one attached hydrogen (secondary N) is 2. The molecule has 9 nitrogen and oxygen atoms in total. The van der Waals surface area contributed by atoms with Gasteiger partial charge in [-0.3, -0.25) is 14.2 Å². The highest BCUT2D eigenvalue weighted by molar-refractivity contribution is 7.98. The zero-order valence-electron chi connectivity index (χ0n) is 20.0. The summed E-state index contributed by atoms with van der Waals surface area (Å²) in [7, 11) is -3.50. The molecule has 0 aliphatic heterocycles. The van der Waals surface area contributed by atoms with Gasteiger partial charge in [0.15, 0.2) is 5.78 Å². The quantitative estimate of drug-likeness (QED) is 0.357. The van der Waals surface area contributed by atoms with Crippen molar-refractivity contribution < 1.29 is 32.7 Å². The molecule has 0 aromatic heterocycles. The van der Waals surface area contributed by atoms with Gasteiger partial charge in [0.2, 0.25) is 5.91 Å². The first kappa shape index (κ1) is 29.9. The number of ether oxygens (including phenoxy) is 1. The molecule has 0 rings (SSSR count). The molecule has 0 saturated carbocycles. The maximum absolute atomic E-state index is 12.8. The molecule has 0 spiro atoms. The van der Waals surface area contributed by atoms with Crippen LogP contribution in [0.5, 0.6) is 0 Å². The van der Waals surface area contributed by atoms with E-state index in [4.69, 9.17) is 13.8 Å². The van der Waals surface area contributed by atoms with Gasteiger partial charge in [-0.25, -0.2) is 4.79 Å². The van der Waals surface area contributed by atoms with E-state index in [0.29, 0.717) is 12.2 Å². The largest absolute Gasteiger partial charge is 0.444 e. The highest BCUT2D eigenvalue weighted by Gasteiger charge is 2.35. The van der Waals surface area contributed by atoms with Crippen LogP contribution in [0.25, 0.3) is 0 Å². The van der Waals surface area contributed by atoms with Gasteiger partial charge < -0.3 is 24.4 Å². The first-order valence-electron chi connectivity index (χ1n) is 10.5. The van der Waals surface area contributed by atoms with E-state index >= 15 is 0 Å². The van der Waals surface area contributed by atoms with Gasteiger partial charge in [0.05, 0.1) is 19.3 Å². The van der Waals surface area contributed by atoms with E-state index in [2.05, 4.69) is 10.6 Å². The zero-order valence-corrected chi connectivity index (χ0v) is 21.7. The number of amides is 2. The number of rotatable bonds is 14. The molecule has 0 bridgehead atoms. The summed E-state index contributed by atoms with van der Waals surface area (Å²) in [5.41, 5.74) is -0.685. The Balaban J connectivity index is 5.06. The standard InChI is InChI=1S/C20H39N2O7PS/c1-9-27-30(26,28-10-2)15(4)21-18(24)14(3)13-17(23)16(11-12-31-8)22-19(25)29-20(5,6)7/h14-16H,9-13H2,1-8H3,(H,21,24)(H,22,25)/t14-,15?,16+/m1/s1. The first-order valence-corrected chi connectivity index (χ1v) is 13.5. The Labute approximate surface area is 190 Å². The number of carbonyl (C=O) groups excluding carboxylic acids is 3. The Morgan fingerprint density at radius 3 is 2.03 bits per heavy atom. The number of hydrogen-bond donors (Lipinski definition) is 2. The van der Waals surface area contributed by atoms with Crippen LogP contribution in [-0.2, 0) is 27.9 Å². The second-order valence-corrected chi connectivity index (χ2v) is 11.5. The van der Waals surface area contributed by atoms with Gasteiger partial charge in [-0.2, -0.15) is 11.8 Å². The lowest BCUT2D eigenvalue weighted by Gasteiger charge is -2.26. The van der Waals surface area contributed by atoms with Gasteiger partial charge in [0, 0.05) is 12.3 Å². The van der Waals surface area contributed by atoms with Crippen LogP contribution >= 0.6 is 19.4 Å². The van der Waals surface area contributed by atoms with Crippen molar-refractivity contribution in [3.63, 3.8) is 0 Å². The van der Waals surface area contributed by atoms with Crippen LogP contribution in [0, 0.1) is 5.92 Å².